The largest absolute Gasteiger partial charge is 0.480 e. The van der Waals surface area contributed by atoms with Crippen molar-refractivity contribution >= 4 is 5.97 Å². The number of aliphatic carboxylic acids is 1. The maximum Gasteiger partial charge on any atom is 0.326 e. The molecule has 0 aromatic rings. The third-order valence-corrected chi connectivity index (χ3v) is 3.68. The topological polar surface area (TPSA) is 49.8 Å². The van der Waals surface area contributed by atoms with Crippen molar-refractivity contribution in [2.75, 3.05) is 26.8 Å². The van der Waals surface area contributed by atoms with Crippen LogP contribution in [0.25, 0.3) is 0 Å². The number of piperidine rings is 1. The number of carbonyl (C=O) groups is 1. The smallest absolute Gasteiger partial charge is 0.326 e. The van der Waals surface area contributed by atoms with Crippen LogP contribution in [0.15, 0.2) is 0 Å². The summed E-state index contributed by atoms with van der Waals surface area (Å²) in [6, 6.07) is 0. The molecule has 0 radical (unpaired) electrons. The molecule has 1 heterocycles. The molecule has 4 nitrogen and oxygen atoms in total. The predicted molar refractivity (Wildman–Crippen MR) is 62.5 cm³/mol. The Kier molecular flexibility index (Phi) is 4.74. The van der Waals surface area contributed by atoms with Crippen molar-refractivity contribution in [3.8, 4) is 0 Å². The van der Waals surface area contributed by atoms with E-state index in [1.165, 1.54) is 6.42 Å². The van der Waals surface area contributed by atoms with Crippen molar-refractivity contribution in [3.05, 3.63) is 0 Å². The van der Waals surface area contributed by atoms with E-state index in [-0.39, 0.29) is 6.61 Å². The molecule has 0 aromatic heterocycles. The molecule has 1 saturated heterocycles. The van der Waals surface area contributed by atoms with E-state index in [1.807, 2.05) is 0 Å². The second-order valence-corrected chi connectivity index (χ2v) is 4.87. The average molecular weight is 229 g/mol. The molecule has 0 amide bonds. The van der Waals surface area contributed by atoms with Crippen LogP contribution >= 0.6 is 0 Å². The third kappa shape index (κ3) is 2.74. The van der Waals surface area contributed by atoms with Crippen LogP contribution in [0.1, 0.15) is 33.1 Å². The Labute approximate surface area is 97.6 Å². The van der Waals surface area contributed by atoms with Crippen molar-refractivity contribution in [2.45, 2.75) is 38.6 Å². The van der Waals surface area contributed by atoms with Gasteiger partial charge in [0.05, 0.1) is 6.61 Å². The summed E-state index contributed by atoms with van der Waals surface area (Å²) < 4.78 is 5.07. The van der Waals surface area contributed by atoms with Gasteiger partial charge in [-0.25, -0.2) is 0 Å². The summed E-state index contributed by atoms with van der Waals surface area (Å²) in [5.41, 5.74) is -0.872. The zero-order valence-corrected chi connectivity index (χ0v) is 10.5. The summed E-state index contributed by atoms with van der Waals surface area (Å²) >= 11 is 0. The van der Waals surface area contributed by atoms with E-state index in [1.54, 1.807) is 14.0 Å². The molecule has 1 aliphatic rings. The lowest BCUT2D eigenvalue weighted by atomic mass is 9.90. The molecule has 1 N–H and O–H groups in total. The van der Waals surface area contributed by atoms with Crippen LogP contribution in [0.5, 0.6) is 0 Å². The highest BCUT2D eigenvalue weighted by molar-refractivity contribution is 5.78. The first kappa shape index (κ1) is 13.5. The minimum absolute atomic E-state index is 0.249. The van der Waals surface area contributed by atoms with Crippen molar-refractivity contribution < 1.29 is 14.6 Å². The Bertz CT molecular complexity index is 244. The first-order chi connectivity index (χ1) is 7.54. The predicted octanol–water partition coefficient (Wildman–Crippen LogP) is 1.60. The molecule has 0 bridgehead atoms. The minimum Gasteiger partial charge on any atom is -0.480 e. The maximum atomic E-state index is 11.4. The van der Waals surface area contributed by atoms with E-state index in [0.717, 1.165) is 25.9 Å². The van der Waals surface area contributed by atoms with Crippen LogP contribution < -0.4 is 0 Å². The summed E-state index contributed by atoms with van der Waals surface area (Å²) in [7, 11) is 1.56. The normalized spacial score (nSPS) is 26.3. The van der Waals surface area contributed by atoms with E-state index in [2.05, 4.69) is 11.8 Å². The van der Waals surface area contributed by atoms with Gasteiger partial charge in [0.25, 0.3) is 0 Å². The Morgan fingerprint density at radius 3 is 2.81 bits per heavy atom. The van der Waals surface area contributed by atoms with Gasteiger partial charge in [-0.05, 0) is 32.2 Å². The Hall–Kier alpha value is -0.610. The summed E-state index contributed by atoms with van der Waals surface area (Å²) in [6.45, 7) is 5.92. The van der Waals surface area contributed by atoms with E-state index in [4.69, 9.17) is 4.74 Å². The molecule has 0 saturated carbocycles. The summed E-state index contributed by atoms with van der Waals surface area (Å²) in [6.07, 6.45) is 3.43. The van der Waals surface area contributed by atoms with Gasteiger partial charge in [-0.3, -0.25) is 9.69 Å². The number of rotatable bonds is 5. The fourth-order valence-corrected chi connectivity index (χ4v) is 2.42. The van der Waals surface area contributed by atoms with Crippen molar-refractivity contribution in [3.63, 3.8) is 0 Å². The SMILES string of the molecule is CCC1CCCN(C(C)(COC)C(=O)O)C1. The third-order valence-electron chi connectivity index (χ3n) is 3.68. The van der Waals surface area contributed by atoms with Crippen LogP contribution in [-0.4, -0.2) is 48.3 Å². The van der Waals surface area contributed by atoms with Crippen molar-refractivity contribution in [1.29, 1.82) is 0 Å². The van der Waals surface area contributed by atoms with E-state index in [9.17, 15) is 9.90 Å². The number of carboxylic acid groups (broad SMARTS) is 1. The molecule has 1 rings (SSSR count). The minimum atomic E-state index is -0.872. The van der Waals surface area contributed by atoms with Crippen LogP contribution in [0, 0.1) is 5.92 Å². The van der Waals surface area contributed by atoms with Gasteiger partial charge in [-0.2, -0.15) is 0 Å². The number of hydrogen-bond acceptors (Lipinski definition) is 3. The van der Waals surface area contributed by atoms with Gasteiger partial charge in [-0.1, -0.05) is 13.3 Å². The van der Waals surface area contributed by atoms with Crippen molar-refractivity contribution in [2.24, 2.45) is 5.92 Å². The van der Waals surface area contributed by atoms with Gasteiger partial charge in [0.15, 0.2) is 0 Å². The molecular formula is C12H23NO3. The highest BCUT2D eigenvalue weighted by atomic mass is 16.5. The van der Waals surface area contributed by atoms with Gasteiger partial charge in [-0.15, -0.1) is 0 Å². The molecule has 94 valence electrons. The van der Waals surface area contributed by atoms with E-state index < -0.39 is 11.5 Å². The molecule has 1 aliphatic heterocycles. The zero-order chi connectivity index (χ0) is 12.2. The van der Waals surface area contributed by atoms with Gasteiger partial charge in [0.1, 0.15) is 5.54 Å². The first-order valence-electron chi connectivity index (χ1n) is 6.02. The molecule has 2 unspecified atom stereocenters. The molecule has 1 fully saturated rings. The van der Waals surface area contributed by atoms with Crippen molar-refractivity contribution in [1.82, 2.24) is 4.90 Å². The lowest BCUT2D eigenvalue weighted by Crippen LogP contribution is -2.58. The molecule has 0 aliphatic carbocycles. The second-order valence-electron chi connectivity index (χ2n) is 4.87. The maximum absolute atomic E-state index is 11.4. The lowest BCUT2D eigenvalue weighted by molar-refractivity contribution is -0.156. The number of likely N-dealkylation sites (tertiary alicyclic amines) is 1. The van der Waals surface area contributed by atoms with E-state index >= 15 is 0 Å². The summed E-state index contributed by atoms with van der Waals surface area (Å²) in [5.74, 6) is -0.157. The average Bonchev–Trinajstić information content (AvgIpc) is 2.29. The summed E-state index contributed by atoms with van der Waals surface area (Å²) in [4.78, 5) is 13.4. The molecule has 16 heavy (non-hydrogen) atoms. The van der Waals surface area contributed by atoms with Crippen LogP contribution in [-0.2, 0) is 9.53 Å². The van der Waals surface area contributed by atoms with Crippen LogP contribution in [0.2, 0.25) is 0 Å². The number of carboxylic acids is 1. The van der Waals surface area contributed by atoms with Crippen LogP contribution in [0.3, 0.4) is 0 Å². The Morgan fingerprint density at radius 2 is 2.31 bits per heavy atom. The number of nitrogens with zero attached hydrogens (tertiary/aromatic N) is 1. The Balaban J connectivity index is 2.74. The molecule has 0 aromatic carbocycles. The fraction of sp³-hybridized carbons (Fsp3) is 0.917. The number of ether oxygens (including phenoxy) is 1. The quantitative estimate of drug-likeness (QED) is 0.778. The number of methoxy groups -OCH3 is 1. The van der Waals surface area contributed by atoms with Gasteiger partial charge < -0.3 is 9.84 Å². The molecule has 0 spiro atoms. The monoisotopic (exact) mass is 229 g/mol. The molecule has 4 heteroatoms. The number of hydrogen-bond donors (Lipinski definition) is 1. The van der Waals surface area contributed by atoms with E-state index in [0.29, 0.717) is 5.92 Å². The van der Waals surface area contributed by atoms with Gasteiger partial charge >= 0.3 is 5.97 Å². The molecular weight excluding hydrogens is 206 g/mol. The zero-order valence-electron chi connectivity index (χ0n) is 10.5. The highest BCUT2D eigenvalue weighted by Gasteiger charge is 2.41. The highest BCUT2D eigenvalue weighted by Crippen LogP contribution is 2.26. The fourth-order valence-electron chi connectivity index (χ4n) is 2.42. The molecule has 2 atom stereocenters. The van der Waals surface area contributed by atoms with Crippen LogP contribution in [0.4, 0.5) is 0 Å². The van der Waals surface area contributed by atoms with Gasteiger partial charge in [0.2, 0.25) is 0 Å². The van der Waals surface area contributed by atoms with Gasteiger partial charge in [0, 0.05) is 13.7 Å². The Morgan fingerprint density at radius 1 is 1.62 bits per heavy atom. The standard InChI is InChI=1S/C12H23NO3/c1-4-10-6-5-7-13(8-10)12(2,9-16-3)11(14)15/h10H,4-9H2,1-3H3,(H,14,15). The second kappa shape index (κ2) is 5.64. The first-order valence-corrected chi connectivity index (χ1v) is 6.02. The summed E-state index contributed by atoms with van der Waals surface area (Å²) in [5, 5.41) is 9.35. The lowest BCUT2D eigenvalue weighted by Gasteiger charge is -2.42.